The predicted octanol–water partition coefficient (Wildman–Crippen LogP) is 4.21. The van der Waals surface area contributed by atoms with E-state index in [-0.39, 0.29) is 11.9 Å². The number of furan rings is 1. The summed E-state index contributed by atoms with van der Waals surface area (Å²) in [5.41, 5.74) is 3.01. The Morgan fingerprint density at radius 2 is 2.00 bits per heavy atom. The topological polar surface area (TPSA) is 64.4 Å². The minimum atomic E-state index is -0.160. The van der Waals surface area contributed by atoms with Crippen LogP contribution in [0.3, 0.4) is 0 Å². The maximum Gasteiger partial charge on any atom is 0.217 e. The molecule has 1 atom stereocenters. The maximum absolute atomic E-state index is 11.2. The van der Waals surface area contributed by atoms with Crippen molar-refractivity contribution in [3.63, 3.8) is 0 Å². The number of rotatable bonds is 7. The van der Waals surface area contributed by atoms with Crippen molar-refractivity contribution < 1.29 is 13.9 Å². The molecule has 0 radical (unpaired) electrons. The molecule has 1 N–H and O–H groups in total. The van der Waals surface area contributed by atoms with Crippen LogP contribution in [0.4, 0.5) is 0 Å². The third kappa shape index (κ3) is 4.42. The van der Waals surface area contributed by atoms with Gasteiger partial charge in [0.15, 0.2) is 5.58 Å². The molecule has 2 aromatic heterocycles. The van der Waals surface area contributed by atoms with E-state index < -0.39 is 0 Å². The third-order valence-corrected chi connectivity index (χ3v) is 4.23. The first kappa shape index (κ1) is 18.0. The zero-order valence-corrected chi connectivity index (χ0v) is 15.4. The van der Waals surface area contributed by atoms with Crippen LogP contribution in [0.15, 0.2) is 47.0 Å². The molecule has 3 rings (SSSR count). The zero-order valence-electron chi connectivity index (χ0n) is 15.4. The molecule has 3 aromatic rings. The highest BCUT2D eigenvalue weighted by atomic mass is 16.5. The lowest BCUT2D eigenvalue weighted by atomic mass is 10.1. The summed E-state index contributed by atoms with van der Waals surface area (Å²) in [6.45, 7) is 6.06. The number of amides is 1. The number of nitrogens with one attached hydrogen (secondary N) is 1. The number of hydrogen-bond acceptors (Lipinski definition) is 4. The molecule has 1 aromatic carbocycles. The summed E-state index contributed by atoms with van der Waals surface area (Å²) in [4.78, 5) is 15.7. The highest BCUT2D eigenvalue weighted by Gasteiger charge is 2.13. The predicted molar refractivity (Wildman–Crippen MR) is 101 cm³/mol. The molecule has 1 unspecified atom stereocenters. The Bertz CT molecular complexity index is 884. The summed E-state index contributed by atoms with van der Waals surface area (Å²) in [7, 11) is 0. The van der Waals surface area contributed by atoms with Gasteiger partial charge in [-0.05, 0) is 56.5 Å². The van der Waals surface area contributed by atoms with Crippen LogP contribution < -0.4 is 10.1 Å². The van der Waals surface area contributed by atoms with Crippen molar-refractivity contribution in [2.75, 3.05) is 6.61 Å². The summed E-state index contributed by atoms with van der Waals surface area (Å²) in [6.07, 6.45) is 3.52. The summed E-state index contributed by atoms with van der Waals surface area (Å²) >= 11 is 0. The van der Waals surface area contributed by atoms with Crippen LogP contribution in [0.1, 0.15) is 43.8 Å². The van der Waals surface area contributed by atoms with Gasteiger partial charge >= 0.3 is 0 Å². The third-order valence-electron chi connectivity index (χ3n) is 4.23. The normalized spacial score (nSPS) is 12.1. The minimum absolute atomic E-state index is 0.0767. The number of carbonyl (C=O) groups is 1. The number of aromatic nitrogens is 1. The summed E-state index contributed by atoms with van der Waals surface area (Å²) in [6, 6.07) is 12.0. The van der Waals surface area contributed by atoms with E-state index in [0.717, 1.165) is 41.0 Å². The van der Waals surface area contributed by atoms with Crippen molar-refractivity contribution in [1.29, 1.82) is 0 Å². The molecule has 0 fully saturated rings. The lowest BCUT2D eigenvalue weighted by molar-refractivity contribution is -0.119. The second-order valence-electron chi connectivity index (χ2n) is 6.36. The molecule has 0 aliphatic heterocycles. The minimum Gasteiger partial charge on any atom is -0.494 e. The van der Waals surface area contributed by atoms with Crippen molar-refractivity contribution >= 4 is 16.9 Å². The number of pyridine rings is 1. The van der Waals surface area contributed by atoms with E-state index in [1.165, 1.54) is 12.5 Å². The summed E-state index contributed by atoms with van der Waals surface area (Å²) in [5, 5.41) is 3.84. The van der Waals surface area contributed by atoms with Crippen LogP contribution in [-0.2, 0) is 17.6 Å². The molecule has 0 aliphatic carbocycles. The Morgan fingerprint density at radius 1 is 1.23 bits per heavy atom. The number of fused-ring (bicyclic) bond motifs is 1. The van der Waals surface area contributed by atoms with Gasteiger partial charge in [0.05, 0.1) is 18.8 Å². The highest BCUT2D eigenvalue weighted by molar-refractivity contribution is 5.78. The first-order chi connectivity index (χ1) is 12.5. The van der Waals surface area contributed by atoms with Crippen LogP contribution in [0.5, 0.6) is 5.75 Å². The first-order valence-electron chi connectivity index (χ1n) is 8.92. The van der Waals surface area contributed by atoms with Crippen LogP contribution in [0, 0.1) is 0 Å². The van der Waals surface area contributed by atoms with E-state index in [9.17, 15) is 4.79 Å². The van der Waals surface area contributed by atoms with E-state index in [1.807, 2.05) is 32.0 Å². The number of nitrogens with zero attached hydrogens (tertiary/aromatic N) is 1. The van der Waals surface area contributed by atoms with Gasteiger partial charge in [-0.1, -0.05) is 12.1 Å². The van der Waals surface area contributed by atoms with E-state index in [2.05, 4.69) is 28.5 Å². The Hall–Kier alpha value is -2.82. The smallest absolute Gasteiger partial charge is 0.217 e. The first-order valence-corrected chi connectivity index (χ1v) is 8.92. The van der Waals surface area contributed by atoms with Crippen LogP contribution in [-0.4, -0.2) is 17.5 Å². The van der Waals surface area contributed by atoms with Crippen molar-refractivity contribution in [1.82, 2.24) is 10.3 Å². The van der Waals surface area contributed by atoms with Crippen LogP contribution in [0.2, 0.25) is 0 Å². The second kappa shape index (κ2) is 8.04. The zero-order chi connectivity index (χ0) is 18.5. The fraction of sp³-hybridized carbons (Fsp3) is 0.333. The quantitative estimate of drug-likeness (QED) is 0.692. The Kier molecular flexibility index (Phi) is 5.56. The maximum atomic E-state index is 11.2. The fourth-order valence-corrected chi connectivity index (χ4v) is 2.93. The molecular formula is C21H24N2O3. The molecule has 0 saturated carbocycles. The number of carbonyl (C=O) groups excluding carboxylic acids is 1. The van der Waals surface area contributed by atoms with Gasteiger partial charge in [-0.2, -0.15) is 0 Å². The summed E-state index contributed by atoms with van der Waals surface area (Å²) < 4.78 is 11.3. The van der Waals surface area contributed by atoms with Gasteiger partial charge in [0.25, 0.3) is 0 Å². The summed E-state index contributed by atoms with van der Waals surface area (Å²) in [5.74, 6) is 1.56. The molecular weight excluding hydrogens is 328 g/mol. The molecule has 0 aliphatic rings. The molecule has 136 valence electrons. The Balaban J connectivity index is 1.67. The standard InChI is InChI=1S/C21H24N2O3/c1-4-25-19-9-6-16(7-10-19)5-8-18-11-17-12-20(14(2)23-15(3)24)26-21(17)13-22-18/h6-7,9-14H,4-5,8H2,1-3H3,(H,23,24). The molecule has 0 saturated heterocycles. The van der Waals surface area contributed by atoms with Gasteiger partial charge in [0.1, 0.15) is 11.5 Å². The van der Waals surface area contributed by atoms with Crippen molar-refractivity contribution in [2.24, 2.45) is 0 Å². The van der Waals surface area contributed by atoms with E-state index in [4.69, 9.17) is 9.15 Å². The molecule has 5 heteroatoms. The SMILES string of the molecule is CCOc1ccc(CCc2cc3cc(C(C)NC(C)=O)oc3cn2)cc1. The number of ether oxygens (including phenoxy) is 1. The molecule has 26 heavy (non-hydrogen) atoms. The van der Waals surface area contributed by atoms with Gasteiger partial charge in [-0.15, -0.1) is 0 Å². The van der Waals surface area contributed by atoms with Gasteiger partial charge in [0, 0.05) is 18.0 Å². The van der Waals surface area contributed by atoms with E-state index in [0.29, 0.717) is 6.61 Å². The molecule has 1 amide bonds. The monoisotopic (exact) mass is 352 g/mol. The Labute approximate surface area is 153 Å². The fourth-order valence-electron chi connectivity index (χ4n) is 2.93. The molecule has 5 nitrogen and oxygen atoms in total. The molecule has 0 bridgehead atoms. The molecule has 0 spiro atoms. The highest BCUT2D eigenvalue weighted by Crippen LogP contribution is 2.24. The van der Waals surface area contributed by atoms with Crippen molar-refractivity contribution in [3.8, 4) is 5.75 Å². The van der Waals surface area contributed by atoms with Gasteiger partial charge in [0.2, 0.25) is 5.91 Å². The number of hydrogen-bond donors (Lipinski definition) is 1. The largest absolute Gasteiger partial charge is 0.494 e. The van der Waals surface area contributed by atoms with Crippen molar-refractivity contribution in [2.45, 2.75) is 39.7 Å². The number of aryl methyl sites for hydroxylation is 2. The number of benzene rings is 1. The van der Waals surface area contributed by atoms with E-state index in [1.54, 1.807) is 6.20 Å². The lowest BCUT2D eigenvalue weighted by Gasteiger charge is -2.08. The Morgan fingerprint density at radius 3 is 2.69 bits per heavy atom. The second-order valence-corrected chi connectivity index (χ2v) is 6.36. The van der Waals surface area contributed by atoms with Crippen LogP contribution in [0.25, 0.3) is 11.0 Å². The van der Waals surface area contributed by atoms with Crippen LogP contribution >= 0.6 is 0 Å². The van der Waals surface area contributed by atoms with E-state index >= 15 is 0 Å². The average molecular weight is 352 g/mol. The van der Waals surface area contributed by atoms with Gasteiger partial charge in [-0.25, -0.2) is 0 Å². The van der Waals surface area contributed by atoms with Gasteiger partial charge < -0.3 is 14.5 Å². The average Bonchev–Trinajstić information content (AvgIpc) is 3.04. The van der Waals surface area contributed by atoms with Gasteiger partial charge in [-0.3, -0.25) is 9.78 Å². The van der Waals surface area contributed by atoms with Crippen molar-refractivity contribution in [3.05, 3.63) is 59.6 Å². The lowest BCUT2D eigenvalue weighted by Crippen LogP contribution is -2.23. The molecule has 2 heterocycles.